The van der Waals surface area contributed by atoms with Crippen molar-refractivity contribution in [3.8, 4) is 0 Å². The molecule has 0 radical (unpaired) electrons. The molecule has 1 aliphatic heterocycles. The summed E-state index contributed by atoms with van der Waals surface area (Å²) in [6, 6.07) is 1.13. The van der Waals surface area contributed by atoms with Crippen molar-refractivity contribution in [1.29, 1.82) is 0 Å². The molecule has 0 spiro atoms. The maximum atomic E-state index is 13.7. The third-order valence-electron chi connectivity index (χ3n) is 3.13. The molecule has 0 aromatic heterocycles. The highest BCUT2D eigenvalue weighted by Gasteiger charge is 2.25. The highest BCUT2D eigenvalue weighted by atomic mass is 19.1. The first-order chi connectivity index (χ1) is 8.99. The zero-order chi connectivity index (χ0) is 14.0. The normalized spacial score (nSPS) is 20.3. The van der Waals surface area contributed by atoms with Crippen molar-refractivity contribution in [2.24, 2.45) is 0 Å². The van der Waals surface area contributed by atoms with Crippen LogP contribution in [0.2, 0.25) is 0 Å². The van der Waals surface area contributed by atoms with E-state index in [0.29, 0.717) is 18.7 Å². The van der Waals surface area contributed by atoms with E-state index in [0.717, 1.165) is 12.8 Å². The molecule has 5 nitrogen and oxygen atoms in total. The summed E-state index contributed by atoms with van der Waals surface area (Å²) < 4.78 is 32.8. The Balaban J connectivity index is 2.18. The fourth-order valence-corrected chi connectivity index (χ4v) is 2.12. The molecule has 1 fully saturated rings. The van der Waals surface area contributed by atoms with E-state index < -0.39 is 22.2 Å². The van der Waals surface area contributed by atoms with Crippen LogP contribution in [0, 0.1) is 21.7 Å². The van der Waals surface area contributed by atoms with Crippen LogP contribution < -0.4 is 5.32 Å². The van der Waals surface area contributed by atoms with Crippen LogP contribution >= 0.6 is 0 Å². The lowest BCUT2D eigenvalue weighted by molar-refractivity contribution is -0.385. The van der Waals surface area contributed by atoms with Crippen molar-refractivity contribution in [3.63, 3.8) is 0 Å². The second-order valence-electron chi connectivity index (χ2n) is 4.53. The van der Waals surface area contributed by atoms with Gasteiger partial charge in [-0.3, -0.25) is 10.1 Å². The van der Waals surface area contributed by atoms with Gasteiger partial charge in [0.05, 0.1) is 23.2 Å². The number of nitro groups is 1. The summed E-state index contributed by atoms with van der Waals surface area (Å²) in [5, 5.41) is 13.2. The summed E-state index contributed by atoms with van der Waals surface area (Å²) in [4.78, 5) is 9.65. The van der Waals surface area contributed by atoms with Gasteiger partial charge in [0.15, 0.2) is 11.6 Å². The molecule has 7 heteroatoms. The fourth-order valence-electron chi connectivity index (χ4n) is 2.12. The van der Waals surface area contributed by atoms with Crippen LogP contribution in [0.4, 0.5) is 20.2 Å². The van der Waals surface area contributed by atoms with Crippen molar-refractivity contribution in [2.75, 3.05) is 11.9 Å². The van der Waals surface area contributed by atoms with E-state index in [1.54, 1.807) is 6.92 Å². The molecule has 104 valence electrons. The van der Waals surface area contributed by atoms with Gasteiger partial charge in [0.1, 0.15) is 5.69 Å². The molecule has 0 aliphatic carbocycles. The number of benzene rings is 1. The van der Waals surface area contributed by atoms with Crippen LogP contribution in [-0.4, -0.2) is 23.7 Å². The van der Waals surface area contributed by atoms with Crippen LogP contribution in [0.25, 0.3) is 0 Å². The van der Waals surface area contributed by atoms with Gasteiger partial charge in [0.2, 0.25) is 0 Å². The Morgan fingerprint density at radius 1 is 1.47 bits per heavy atom. The molecule has 1 aromatic carbocycles. The topological polar surface area (TPSA) is 64.4 Å². The minimum atomic E-state index is -0.975. The van der Waals surface area contributed by atoms with Gasteiger partial charge in [-0.05, 0) is 19.8 Å². The van der Waals surface area contributed by atoms with Crippen LogP contribution in [-0.2, 0) is 4.74 Å². The van der Waals surface area contributed by atoms with Crippen molar-refractivity contribution in [3.05, 3.63) is 33.9 Å². The Morgan fingerprint density at radius 2 is 2.11 bits per heavy atom. The molecule has 19 heavy (non-hydrogen) atoms. The number of nitro benzene ring substituents is 1. The number of hydrogen-bond acceptors (Lipinski definition) is 4. The molecule has 0 amide bonds. The molecule has 0 saturated carbocycles. The number of ether oxygens (including phenoxy) is 1. The molecule has 0 bridgehead atoms. The minimum absolute atomic E-state index is 0.103. The maximum absolute atomic E-state index is 13.7. The average Bonchev–Trinajstić information content (AvgIpc) is 2.86. The first kappa shape index (κ1) is 13.7. The lowest BCUT2D eigenvalue weighted by Gasteiger charge is -2.21. The monoisotopic (exact) mass is 272 g/mol. The molecule has 1 aliphatic rings. The predicted molar refractivity (Wildman–Crippen MR) is 65.1 cm³/mol. The number of nitrogens with one attached hydrogen (secondary N) is 1. The second kappa shape index (κ2) is 5.48. The van der Waals surface area contributed by atoms with Gasteiger partial charge >= 0.3 is 0 Å². The van der Waals surface area contributed by atoms with Crippen LogP contribution in [0.3, 0.4) is 0 Å². The Morgan fingerprint density at radius 3 is 2.58 bits per heavy atom. The molecular formula is C12H14F2N2O3. The molecule has 2 unspecified atom stereocenters. The zero-order valence-electron chi connectivity index (χ0n) is 10.4. The zero-order valence-corrected chi connectivity index (χ0v) is 10.4. The van der Waals surface area contributed by atoms with Crippen molar-refractivity contribution in [1.82, 2.24) is 0 Å². The van der Waals surface area contributed by atoms with E-state index in [1.807, 2.05) is 0 Å². The molecule has 1 N–H and O–H groups in total. The van der Waals surface area contributed by atoms with Gasteiger partial charge < -0.3 is 10.1 Å². The van der Waals surface area contributed by atoms with E-state index >= 15 is 0 Å². The summed E-state index contributed by atoms with van der Waals surface area (Å²) in [5.41, 5.74) is -0.959. The molecule has 1 heterocycles. The van der Waals surface area contributed by atoms with E-state index in [9.17, 15) is 18.9 Å². The summed E-state index contributed by atoms with van der Waals surface area (Å²) in [6.07, 6.45) is 1.64. The highest BCUT2D eigenvalue weighted by Crippen LogP contribution is 2.27. The third kappa shape index (κ3) is 2.98. The first-order valence-corrected chi connectivity index (χ1v) is 6.00. The Hall–Kier alpha value is -1.76. The molecular weight excluding hydrogens is 258 g/mol. The van der Waals surface area contributed by atoms with E-state index in [-0.39, 0.29) is 17.8 Å². The summed E-state index contributed by atoms with van der Waals surface area (Å²) in [6.45, 7) is 2.40. The van der Waals surface area contributed by atoms with Gasteiger partial charge in [-0.25, -0.2) is 8.78 Å². The van der Waals surface area contributed by atoms with Crippen molar-refractivity contribution < 1.29 is 18.4 Å². The molecule has 1 saturated heterocycles. The smallest absolute Gasteiger partial charge is 0.275 e. The van der Waals surface area contributed by atoms with Crippen LogP contribution in [0.5, 0.6) is 0 Å². The van der Waals surface area contributed by atoms with E-state index in [1.165, 1.54) is 0 Å². The average molecular weight is 272 g/mol. The first-order valence-electron chi connectivity index (χ1n) is 6.00. The van der Waals surface area contributed by atoms with Crippen molar-refractivity contribution in [2.45, 2.75) is 31.9 Å². The number of halogens is 2. The van der Waals surface area contributed by atoms with Gasteiger partial charge in [-0.2, -0.15) is 0 Å². The third-order valence-corrected chi connectivity index (χ3v) is 3.13. The fraction of sp³-hybridized carbons (Fsp3) is 0.500. The number of rotatable bonds is 4. The number of nitrogens with zero attached hydrogens (tertiary/aromatic N) is 1. The van der Waals surface area contributed by atoms with E-state index in [2.05, 4.69) is 5.32 Å². The Bertz CT molecular complexity index is 467. The number of anilines is 1. The SMILES string of the molecule is CC(Nc1c(F)cc([N+](=O)[O-])cc1F)C1CCCO1. The second-order valence-corrected chi connectivity index (χ2v) is 4.53. The molecule has 1 aromatic rings. The maximum Gasteiger partial charge on any atom is 0.275 e. The summed E-state index contributed by atoms with van der Waals surface area (Å²) >= 11 is 0. The lowest BCUT2D eigenvalue weighted by atomic mass is 10.1. The predicted octanol–water partition coefficient (Wildman–Crippen LogP) is 2.85. The minimum Gasteiger partial charge on any atom is -0.376 e. The quantitative estimate of drug-likeness (QED) is 0.676. The van der Waals surface area contributed by atoms with E-state index in [4.69, 9.17) is 4.74 Å². The van der Waals surface area contributed by atoms with Crippen LogP contribution in [0.15, 0.2) is 12.1 Å². The van der Waals surface area contributed by atoms with Gasteiger partial charge in [-0.15, -0.1) is 0 Å². The van der Waals surface area contributed by atoms with Gasteiger partial charge in [0, 0.05) is 12.6 Å². The number of non-ortho nitro benzene ring substituents is 1. The molecule has 2 atom stereocenters. The Kier molecular flexibility index (Phi) is 3.94. The van der Waals surface area contributed by atoms with Crippen LogP contribution in [0.1, 0.15) is 19.8 Å². The van der Waals surface area contributed by atoms with Crippen molar-refractivity contribution >= 4 is 11.4 Å². The highest BCUT2D eigenvalue weighted by molar-refractivity contribution is 5.52. The lowest BCUT2D eigenvalue weighted by Crippen LogP contribution is -2.30. The van der Waals surface area contributed by atoms with Gasteiger partial charge in [0.25, 0.3) is 5.69 Å². The summed E-state index contributed by atoms with van der Waals surface area (Å²) in [7, 11) is 0. The Labute approximate surface area is 108 Å². The standard InChI is InChI=1S/C12H14F2N2O3/c1-7(11-3-2-4-19-11)15-12-9(13)5-8(16(17)18)6-10(12)14/h5-7,11,15H,2-4H2,1H3. The largest absolute Gasteiger partial charge is 0.376 e. The van der Waals surface area contributed by atoms with Gasteiger partial charge in [-0.1, -0.05) is 0 Å². The summed E-state index contributed by atoms with van der Waals surface area (Å²) in [5.74, 6) is -1.95. The number of hydrogen-bond donors (Lipinski definition) is 1. The molecule has 2 rings (SSSR count).